The first-order valence-corrected chi connectivity index (χ1v) is 10.7. The van der Waals surface area contributed by atoms with Gasteiger partial charge in [0.25, 0.3) is 0 Å². The fourth-order valence-corrected chi connectivity index (χ4v) is 5.93. The summed E-state index contributed by atoms with van der Waals surface area (Å²) in [6.07, 6.45) is 6.01. The van der Waals surface area contributed by atoms with E-state index in [0.717, 1.165) is 38.5 Å². The predicted octanol–water partition coefficient (Wildman–Crippen LogP) is 4.44. The van der Waals surface area contributed by atoms with Gasteiger partial charge in [0.05, 0.1) is 25.9 Å². The molecule has 4 nitrogen and oxygen atoms in total. The number of fused-ring (bicyclic) bond motifs is 3. The second kappa shape index (κ2) is 7.26. The van der Waals surface area contributed by atoms with Gasteiger partial charge in [-0.1, -0.05) is 36.4 Å². The van der Waals surface area contributed by atoms with Crippen molar-refractivity contribution in [2.75, 3.05) is 20.3 Å². The van der Waals surface area contributed by atoms with Crippen LogP contribution in [0.5, 0.6) is 0 Å². The minimum atomic E-state index is -0.381. The van der Waals surface area contributed by atoms with Gasteiger partial charge >= 0.3 is 5.97 Å². The molecule has 2 aromatic carbocycles. The average molecular weight is 392 g/mol. The van der Waals surface area contributed by atoms with Crippen LogP contribution in [0.1, 0.15) is 52.7 Å². The fraction of sp³-hybridized carbons (Fsp3) is 0.480. The van der Waals surface area contributed by atoms with Gasteiger partial charge in [0.2, 0.25) is 0 Å². The maximum absolute atomic E-state index is 12.1. The first kappa shape index (κ1) is 18.8. The highest BCUT2D eigenvalue weighted by Gasteiger charge is 2.54. The number of esters is 1. The van der Waals surface area contributed by atoms with Crippen LogP contribution in [0.4, 0.5) is 0 Å². The van der Waals surface area contributed by atoms with Crippen LogP contribution in [0, 0.1) is 5.92 Å². The normalized spacial score (nSPS) is 27.3. The van der Waals surface area contributed by atoms with Crippen molar-refractivity contribution in [1.82, 2.24) is 0 Å². The lowest BCUT2D eigenvalue weighted by Crippen LogP contribution is -2.51. The number of ether oxygens (including phenoxy) is 3. The highest BCUT2D eigenvalue weighted by Crippen LogP contribution is 2.56. The second-order valence-electron chi connectivity index (χ2n) is 8.73. The van der Waals surface area contributed by atoms with Crippen molar-refractivity contribution in [1.29, 1.82) is 0 Å². The van der Waals surface area contributed by atoms with Gasteiger partial charge in [0.15, 0.2) is 5.79 Å². The van der Waals surface area contributed by atoms with E-state index in [1.807, 2.05) is 6.07 Å². The molecule has 2 aromatic rings. The summed E-state index contributed by atoms with van der Waals surface area (Å²) >= 11 is 0. The summed E-state index contributed by atoms with van der Waals surface area (Å²) in [6.45, 7) is 1.41. The summed E-state index contributed by atoms with van der Waals surface area (Å²) in [7, 11) is 1.44. The lowest BCUT2D eigenvalue weighted by atomic mass is 9.54. The quantitative estimate of drug-likeness (QED) is 0.725. The molecule has 1 saturated carbocycles. The van der Waals surface area contributed by atoms with Gasteiger partial charge < -0.3 is 14.2 Å². The molecular formula is C25H28O4. The Morgan fingerprint density at radius 2 is 1.90 bits per heavy atom. The molecule has 0 N–H and O–H groups in total. The Morgan fingerprint density at radius 3 is 2.66 bits per heavy atom. The second-order valence-corrected chi connectivity index (χ2v) is 8.73. The molecule has 2 atom stereocenters. The Kier molecular flexibility index (Phi) is 4.72. The van der Waals surface area contributed by atoms with Crippen LogP contribution >= 0.6 is 0 Å². The van der Waals surface area contributed by atoms with E-state index >= 15 is 0 Å². The third-order valence-corrected chi connectivity index (χ3v) is 7.29. The standard InChI is InChI=1S/C25H28O4/c1-27-23(26)20-8-10-22-19(15-20)7-9-21-17-25(28-13-14-29-25)12-11-24(21,22)16-18-5-3-2-4-6-18/h2-6,8,10,15,21H,7,9,11-14,16-17H2,1H3/t21-,24+/m1/s1. The van der Waals surface area contributed by atoms with E-state index in [0.29, 0.717) is 24.7 Å². The van der Waals surface area contributed by atoms with Gasteiger partial charge in [-0.15, -0.1) is 0 Å². The molecule has 1 aliphatic heterocycles. The summed E-state index contributed by atoms with van der Waals surface area (Å²) in [5, 5.41) is 0. The Balaban J connectivity index is 1.56. The highest BCUT2D eigenvalue weighted by molar-refractivity contribution is 5.89. The van der Waals surface area contributed by atoms with E-state index in [4.69, 9.17) is 14.2 Å². The first-order chi connectivity index (χ1) is 14.1. The van der Waals surface area contributed by atoms with Gasteiger partial charge in [-0.2, -0.15) is 0 Å². The number of methoxy groups -OCH3 is 1. The van der Waals surface area contributed by atoms with E-state index in [-0.39, 0.29) is 17.2 Å². The minimum Gasteiger partial charge on any atom is -0.465 e. The zero-order chi connectivity index (χ0) is 19.9. The molecule has 0 radical (unpaired) electrons. The third-order valence-electron chi connectivity index (χ3n) is 7.29. The van der Waals surface area contributed by atoms with E-state index in [2.05, 4.69) is 42.5 Å². The van der Waals surface area contributed by atoms with Crippen LogP contribution in [0.15, 0.2) is 48.5 Å². The summed E-state index contributed by atoms with van der Waals surface area (Å²) in [4.78, 5) is 12.1. The molecule has 152 valence electrons. The van der Waals surface area contributed by atoms with Crippen LogP contribution < -0.4 is 0 Å². The molecule has 0 unspecified atom stereocenters. The Hall–Kier alpha value is -2.17. The fourth-order valence-electron chi connectivity index (χ4n) is 5.93. The predicted molar refractivity (Wildman–Crippen MR) is 110 cm³/mol. The number of benzene rings is 2. The number of hydrogen-bond acceptors (Lipinski definition) is 4. The SMILES string of the molecule is COC(=O)c1ccc2c(c1)CC[C@@H]1CC3(CC[C@@]21Cc1ccccc1)OCCO3. The number of hydrogen-bond donors (Lipinski definition) is 0. The van der Waals surface area contributed by atoms with Gasteiger partial charge in [0.1, 0.15) is 0 Å². The van der Waals surface area contributed by atoms with Crippen LogP contribution in [0.25, 0.3) is 0 Å². The lowest BCUT2D eigenvalue weighted by Gasteiger charge is -2.53. The molecule has 3 aliphatic rings. The Morgan fingerprint density at radius 1 is 1.10 bits per heavy atom. The zero-order valence-corrected chi connectivity index (χ0v) is 17.0. The maximum atomic E-state index is 12.1. The number of aryl methyl sites for hydroxylation is 1. The number of rotatable bonds is 3. The van der Waals surface area contributed by atoms with Crippen molar-refractivity contribution in [3.8, 4) is 0 Å². The van der Waals surface area contributed by atoms with Gasteiger partial charge in [0, 0.05) is 18.3 Å². The molecule has 1 saturated heterocycles. The van der Waals surface area contributed by atoms with Crippen LogP contribution in [-0.4, -0.2) is 32.1 Å². The Bertz CT molecular complexity index is 900. The molecule has 2 aliphatic carbocycles. The van der Waals surface area contributed by atoms with E-state index in [9.17, 15) is 4.79 Å². The number of carbonyl (C=O) groups excluding carboxylic acids is 1. The molecule has 5 rings (SSSR count). The van der Waals surface area contributed by atoms with E-state index in [1.165, 1.54) is 23.8 Å². The molecule has 2 fully saturated rings. The molecule has 1 heterocycles. The van der Waals surface area contributed by atoms with E-state index in [1.54, 1.807) is 0 Å². The van der Waals surface area contributed by atoms with Gasteiger partial charge in [-0.05, 0) is 60.4 Å². The highest BCUT2D eigenvalue weighted by atomic mass is 16.7. The summed E-state index contributed by atoms with van der Waals surface area (Å²) in [5.41, 5.74) is 4.77. The molecular weight excluding hydrogens is 364 g/mol. The molecule has 4 heteroatoms. The summed E-state index contributed by atoms with van der Waals surface area (Å²) in [6, 6.07) is 17.0. The van der Waals surface area contributed by atoms with Gasteiger partial charge in [-0.3, -0.25) is 0 Å². The van der Waals surface area contributed by atoms with Crippen molar-refractivity contribution in [2.45, 2.75) is 49.7 Å². The molecule has 0 bridgehead atoms. The van der Waals surface area contributed by atoms with Crippen molar-refractivity contribution >= 4 is 5.97 Å². The van der Waals surface area contributed by atoms with Crippen molar-refractivity contribution in [2.24, 2.45) is 5.92 Å². The largest absolute Gasteiger partial charge is 0.465 e. The van der Waals surface area contributed by atoms with Crippen LogP contribution in [0.3, 0.4) is 0 Å². The van der Waals surface area contributed by atoms with Crippen molar-refractivity contribution in [3.05, 3.63) is 70.8 Å². The summed E-state index contributed by atoms with van der Waals surface area (Å²) in [5.74, 6) is -0.137. The summed E-state index contributed by atoms with van der Waals surface area (Å²) < 4.78 is 17.1. The van der Waals surface area contributed by atoms with Crippen molar-refractivity contribution < 1.29 is 19.0 Å². The smallest absolute Gasteiger partial charge is 0.337 e. The Labute approximate surface area is 172 Å². The van der Waals surface area contributed by atoms with Crippen LogP contribution in [0.2, 0.25) is 0 Å². The lowest BCUT2D eigenvalue weighted by molar-refractivity contribution is -0.200. The molecule has 0 aromatic heterocycles. The topological polar surface area (TPSA) is 44.8 Å². The van der Waals surface area contributed by atoms with Crippen molar-refractivity contribution in [3.63, 3.8) is 0 Å². The zero-order valence-electron chi connectivity index (χ0n) is 17.0. The third kappa shape index (κ3) is 3.19. The van der Waals surface area contributed by atoms with E-state index < -0.39 is 0 Å². The molecule has 29 heavy (non-hydrogen) atoms. The first-order valence-electron chi connectivity index (χ1n) is 10.7. The van der Waals surface area contributed by atoms with Gasteiger partial charge in [-0.25, -0.2) is 4.79 Å². The maximum Gasteiger partial charge on any atom is 0.337 e. The minimum absolute atomic E-state index is 0.0597. The number of carbonyl (C=O) groups is 1. The van der Waals surface area contributed by atoms with Crippen LogP contribution in [-0.2, 0) is 32.5 Å². The molecule has 1 spiro atoms. The molecule has 0 amide bonds. The average Bonchev–Trinajstić information content (AvgIpc) is 3.22. The monoisotopic (exact) mass is 392 g/mol.